The third-order valence-electron chi connectivity index (χ3n) is 3.64. The summed E-state index contributed by atoms with van der Waals surface area (Å²) in [5, 5.41) is 10.2. The molecule has 2 aromatic carbocycles. The van der Waals surface area contributed by atoms with Gasteiger partial charge in [0.1, 0.15) is 5.56 Å². The molecule has 7 nitrogen and oxygen atoms in total. The Morgan fingerprint density at radius 1 is 1.04 bits per heavy atom. The van der Waals surface area contributed by atoms with Crippen LogP contribution >= 0.6 is 11.6 Å². The van der Waals surface area contributed by atoms with Crippen LogP contribution in [-0.4, -0.2) is 21.7 Å². The summed E-state index contributed by atoms with van der Waals surface area (Å²) < 4.78 is 0. The molecule has 0 saturated carbocycles. The van der Waals surface area contributed by atoms with E-state index in [9.17, 15) is 24.5 Å². The highest BCUT2D eigenvalue weighted by atomic mass is 35.5. The first-order valence-corrected chi connectivity index (χ1v) is 6.71. The zero-order valence-corrected chi connectivity index (χ0v) is 12.1. The van der Waals surface area contributed by atoms with Crippen LogP contribution in [0.3, 0.4) is 0 Å². The molecule has 8 heteroatoms. The first-order valence-electron chi connectivity index (χ1n) is 6.33. The zero-order chi connectivity index (χ0) is 16.9. The fourth-order valence-electron chi connectivity index (χ4n) is 2.61. The lowest BCUT2D eigenvalue weighted by Gasteiger charge is -2.19. The minimum Gasteiger partial charge on any atom is -0.397 e. The smallest absolute Gasteiger partial charge is 0.281 e. The lowest BCUT2D eigenvalue weighted by molar-refractivity contribution is -0.385. The zero-order valence-electron chi connectivity index (χ0n) is 11.3. The van der Waals surface area contributed by atoms with E-state index in [1.165, 1.54) is 24.3 Å². The fourth-order valence-corrected chi connectivity index (χ4v) is 2.78. The summed E-state index contributed by atoms with van der Waals surface area (Å²) in [6.45, 7) is 0. The van der Waals surface area contributed by atoms with E-state index >= 15 is 0 Å². The Hall–Kier alpha value is -3.06. The maximum Gasteiger partial charge on any atom is 0.281 e. The number of ketones is 2. The molecular weight excluding hydrogens is 324 g/mol. The van der Waals surface area contributed by atoms with Crippen LogP contribution in [0.15, 0.2) is 30.3 Å². The van der Waals surface area contributed by atoms with E-state index in [1.807, 2.05) is 0 Å². The van der Waals surface area contributed by atoms with Gasteiger partial charge in [-0.3, -0.25) is 24.5 Å². The van der Waals surface area contributed by atoms with Crippen LogP contribution in [-0.2, 0) is 0 Å². The molecule has 2 aromatic rings. The van der Waals surface area contributed by atoms with Crippen molar-refractivity contribution in [3.8, 4) is 0 Å². The second-order valence-electron chi connectivity index (χ2n) is 4.84. The second-order valence-corrected chi connectivity index (χ2v) is 5.18. The standard InChI is InChI=1S/C15H7ClN2O5/c16-15(21)8-5-4-7-11(12(8)17)14(20)6-2-1-3-9(18(22)23)10(6)13(7)19/h1-5H,17H2. The molecule has 23 heavy (non-hydrogen) atoms. The van der Waals surface area contributed by atoms with Gasteiger partial charge in [0.25, 0.3) is 10.9 Å². The summed E-state index contributed by atoms with van der Waals surface area (Å²) >= 11 is 5.40. The molecule has 0 bridgehead atoms. The normalized spacial score (nSPS) is 12.6. The van der Waals surface area contributed by atoms with Gasteiger partial charge < -0.3 is 5.73 Å². The largest absolute Gasteiger partial charge is 0.397 e. The number of nitro benzene ring substituents is 1. The van der Waals surface area contributed by atoms with Gasteiger partial charge in [-0.05, 0) is 29.8 Å². The molecule has 2 N–H and O–H groups in total. The first-order chi connectivity index (χ1) is 10.8. The Balaban J connectivity index is 2.36. The van der Waals surface area contributed by atoms with Gasteiger partial charge in [-0.1, -0.05) is 6.07 Å². The third-order valence-corrected chi connectivity index (χ3v) is 3.84. The van der Waals surface area contributed by atoms with E-state index in [0.29, 0.717) is 0 Å². The molecule has 0 fully saturated rings. The Labute approximate surface area is 133 Å². The number of fused-ring (bicyclic) bond motifs is 2. The molecule has 0 aromatic heterocycles. The molecule has 114 valence electrons. The van der Waals surface area contributed by atoms with Crippen molar-refractivity contribution in [2.24, 2.45) is 0 Å². The summed E-state index contributed by atoms with van der Waals surface area (Å²) in [5.41, 5.74) is 4.39. The number of hydrogen-bond acceptors (Lipinski definition) is 6. The maximum atomic E-state index is 12.6. The highest BCUT2D eigenvalue weighted by Gasteiger charge is 2.37. The fraction of sp³-hybridized carbons (Fsp3) is 0. The van der Waals surface area contributed by atoms with E-state index in [2.05, 4.69) is 0 Å². The van der Waals surface area contributed by atoms with Gasteiger partial charge in [0.05, 0.1) is 21.7 Å². The number of nitrogens with two attached hydrogens (primary N) is 1. The number of halogens is 1. The van der Waals surface area contributed by atoms with E-state index < -0.39 is 27.4 Å². The van der Waals surface area contributed by atoms with Crippen molar-refractivity contribution in [2.45, 2.75) is 0 Å². The number of carbonyl (C=O) groups is 3. The number of hydrogen-bond donors (Lipinski definition) is 1. The lowest BCUT2D eigenvalue weighted by atomic mass is 9.81. The highest BCUT2D eigenvalue weighted by molar-refractivity contribution is 6.68. The summed E-state index contributed by atoms with van der Waals surface area (Å²) in [6, 6.07) is 6.20. The van der Waals surface area contributed by atoms with Gasteiger partial charge in [0.15, 0.2) is 5.78 Å². The van der Waals surface area contributed by atoms with Crippen LogP contribution in [0.4, 0.5) is 11.4 Å². The molecule has 0 spiro atoms. The number of carbonyl (C=O) groups excluding carboxylic acids is 3. The number of nitro groups is 1. The van der Waals surface area contributed by atoms with Crippen LogP contribution in [0, 0.1) is 10.1 Å². The summed E-state index contributed by atoms with van der Waals surface area (Å²) in [4.78, 5) is 46.9. The van der Waals surface area contributed by atoms with E-state index in [0.717, 1.165) is 6.07 Å². The highest BCUT2D eigenvalue weighted by Crippen LogP contribution is 2.36. The molecular formula is C15H7ClN2O5. The Morgan fingerprint density at radius 3 is 2.26 bits per heavy atom. The minimum atomic E-state index is -0.865. The molecule has 0 aliphatic heterocycles. The maximum absolute atomic E-state index is 12.6. The number of benzene rings is 2. The number of nitrogens with zero attached hydrogens (tertiary/aromatic N) is 1. The molecule has 0 amide bonds. The second kappa shape index (κ2) is 4.99. The van der Waals surface area contributed by atoms with Gasteiger partial charge in [-0.2, -0.15) is 0 Å². The van der Waals surface area contributed by atoms with Gasteiger partial charge in [-0.25, -0.2) is 0 Å². The lowest BCUT2D eigenvalue weighted by Crippen LogP contribution is -2.24. The quantitative estimate of drug-likeness (QED) is 0.333. The summed E-state index contributed by atoms with van der Waals surface area (Å²) in [5.74, 6) is -1.35. The van der Waals surface area contributed by atoms with Crippen molar-refractivity contribution in [3.63, 3.8) is 0 Å². The average molecular weight is 331 g/mol. The summed E-state index contributed by atoms with van der Waals surface area (Å²) in [6.07, 6.45) is 0. The van der Waals surface area contributed by atoms with Crippen molar-refractivity contribution in [1.82, 2.24) is 0 Å². The van der Waals surface area contributed by atoms with Crippen molar-refractivity contribution in [2.75, 3.05) is 5.73 Å². The topological polar surface area (TPSA) is 120 Å². The van der Waals surface area contributed by atoms with Crippen LogP contribution in [0.1, 0.15) is 42.2 Å². The predicted octanol–water partition coefficient (Wildman–Crippen LogP) is 2.33. The van der Waals surface area contributed by atoms with Crippen molar-refractivity contribution in [3.05, 3.63) is 68.3 Å². The van der Waals surface area contributed by atoms with Crippen molar-refractivity contribution >= 4 is 39.8 Å². The monoisotopic (exact) mass is 330 g/mol. The van der Waals surface area contributed by atoms with Crippen LogP contribution < -0.4 is 5.73 Å². The summed E-state index contributed by atoms with van der Waals surface area (Å²) in [7, 11) is 0. The molecule has 0 heterocycles. The number of anilines is 1. The van der Waals surface area contributed by atoms with Gasteiger partial charge >= 0.3 is 0 Å². The Morgan fingerprint density at radius 2 is 1.65 bits per heavy atom. The number of nitrogen functional groups attached to an aromatic ring is 1. The van der Waals surface area contributed by atoms with Crippen LogP contribution in [0.2, 0.25) is 0 Å². The van der Waals surface area contributed by atoms with Crippen molar-refractivity contribution < 1.29 is 19.3 Å². The van der Waals surface area contributed by atoms with E-state index in [-0.39, 0.29) is 33.5 Å². The van der Waals surface area contributed by atoms with E-state index in [4.69, 9.17) is 17.3 Å². The SMILES string of the molecule is Nc1c(C(=O)Cl)ccc2c1C(=O)c1cccc([N+](=O)[O-])c1C2=O. The number of rotatable bonds is 2. The molecule has 0 radical (unpaired) electrons. The molecule has 3 rings (SSSR count). The molecule has 1 aliphatic rings. The Bertz CT molecular complexity index is 936. The average Bonchev–Trinajstić information content (AvgIpc) is 2.51. The molecule has 0 atom stereocenters. The minimum absolute atomic E-state index is 0.0871. The van der Waals surface area contributed by atoms with Gasteiger partial charge in [-0.15, -0.1) is 0 Å². The molecule has 0 unspecified atom stereocenters. The van der Waals surface area contributed by atoms with E-state index in [1.54, 1.807) is 0 Å². The Kier molecular flexibility index (Phi) is 3.23. The third kappa shape index (κ3) is 2.01. The molecule has 0 saturated heterocycles. The van der Waals surface area contributed by atoms with Gasteiger partial charge in [0.2, 0.25) is 5.78 Å². The van der Waals surface area contributed by atoms with Gasteiger partial charge in [0, 0.05) is 17.2 Å². The van der Waals surface area contributed by atoms with Crippen LogP contribution in [0.25, 0.3) is 0 Å². The first kappa shape index (κ1) is 14.9. The van der Waals surface area contributed by atoms with Crippen LogP contribution in [0.5, 0.6) is 0 Å². The molecule has 1 aliphatic carbocycles. The predicted molar refractivity (Wildman–Crippen MR) is 81.0 cm³/mol. The van der Waals surface area contributed by atoms with Crippen molar-refractivity contribution in [1.29, 1.82) is 0 Å².